The molecule has 192 valence electrons. The Morgan fingerprint density at radius 2 is 1.97 bits per heavy atom. The van der Waals surface area contributed by atoms with Crippen LogP contribution in [0.1, 0.15) is 44.4 Å². The smallest absolute Gasteiger partial charge is 0.273 e. The lowest BCUT2D eigenvalue weighted by atomic mass is 10.1. The van der Waals surface area contributed by atoms with Gasteiger partial charge in [-0.2, -0.15) is 0 Å². The number of hydrogen-bond acceptors (Lipinski definition) is 10. The molecule has 0 spiro atoms. The molecule has 1 aliphatic carbocycles. The highest BCUT2D eigenvalue weighted by atomic mass is 16.5. The van der Waals surface area contributed by atoms with Crippen LogP contribution in [0.3, 0.4) is 0 Å². The van der Waals surface area contributed by atoms with Crippen LogP contribution in [0, 0.1) is 5.92 Å². The number of carbonyl (C=O) groups excluding carboxylic acids is 3. The number of hydrogen-bond donors (Lipinski definition) is 3. The van der Waals surface area contributed by atoms with Gasteiger partial charge in [-0.15, -0.1) is 10.2 Å². The summed E-state index contributed by atoms with van der Waals surface area (Å²) in [6.45, 7) is -2.78. The second kappa shape index (κ2) is 10.9. The highest BCUT2D eigenvalue weighted by Crippen LogP contribution is 2.36. The topological polar surface area (TPSA) is 164 Å². The van der Waals surface area contributed by atoms with Crippen molar-refractivity contribution in [2.75, 3.05) is 38.8 Å². The fraction of sp³-hybridized carbons (Fsp3) is 0.333. The Morgan fingerprint density at radius 1 is 1.16 bits per heavy atom. The first-order valence-electron chi connectivity index (χ1n) is 12.8. The number of methoxy groups -OCH3 is 1. The monoisotopic (exact) mass is 508 g/mol. The van der Waals surface area contributed by atoms with Crippen LogP contribution in [0.4, 0.5) is 17.3 Å². The van der Waals surface area contributed by atoms with Gasteiger partial charge in [-0.1, -0.05) is 0 Å². The Hall–Kier alpha value is -4.68. The molecule has 0 bridgehead atoms. The lowest BCUT2D eigenvalue weighted by Gasteiger charge is -2.16. The number of amides is 3. The minimum absolute atomic E-state index is 0.0134. The van der Waals surface area contributed by atoms with Gasteiger partial charge in [0.1, 0.15) is 5.69 Å². The van der Waals surface area contributed by atoms with Gasteiger partial charge in [0.05, 0.1) is 30.9 Å². The first-order valence-corrected chi connectivity index (χ1v) is 11.3. The van der Waals surface area contributed by atoms with Crippen LogP contribution in [0.5, 0.6) is 5.75 Å². The average Bonchev–Trinajstić information content (AvgIpc) is 3.71. The Balaban J connectivity index is 1.68. The number of anilines is 3. The van der Waals surface area contributed by atoms with E-state index in [-0.39, 0.29) is 46.3 Å². The molecule has 13 heteroatoms. The minimum atomic E-state index is -2.78. The molecule has 1 aliphatic rings. The predicted octanol–water partition coefficient (Wildman–Crippen LogP) is 1.88. The second-order valence-electron chi connectivity index (χ2n) is 8.49. The molecule has 0 aliphatic heterocycles. The molecular formula is C24H27N9O4. The molecule has 1 saturated carbocycles. The number of ether oxygens (including phenoxy) is 1. The summed E-state index contributed by atoms with van der Waals surface area (Å²) < 4.78 is 27.7. The fourth-order valence-corrected chi connectivity index (χ4v) is 3.43. The van der Waals surface area contributed by atoms with Crippen LogP contribution in [-0.2, 0) is 4.79 Å². The van der Waals surface area contributed by atoms with Gasteiger partial charge >= 0.3 is 0 Å². The van der Waals surface area contributed by atoms with E-state index >= 15 is 0 Å². The molecule has 0 aromatic carbocycles. The first-order chi connectivity index (χ1) is 18.9. The fourth-order valence-electron chi connectivity index (χ4n) is 3.43. The molecule has 3 aromatic heterocycles. The minimum Gasteiger partial charge on any atom is -0.492 e. The zero-order chi connectivity index (χ0) is 29.0. The van der Waals surface area contributed by atoms with Crippen LogP contribution >= 0.6 is 0 Å². The van der Waals surface area contributed by atoms with Crippen LogP contribution in [0.15, 0.2) is 30.7 Å². The zero-order valence-electron chi connectivity index (χ0n) is 23.4. The third kappa shape index (κ3) is 5.94. The van der Waals surface area contributed by atoms with E-state index in [0.717, 1.165) is 12.8 Å². The number of carbonyl (C=O) groups is 3. The van der Waals surface area contributed by atoms with Gasteiger partial charge < -0.3 is 25.6 Å². The van der Waals surface area contributed by atoms with Crippen molar-refractivity contribution in [1.29, 1.82) is 0 Å². The summed E-state index contributed by atoms with van der Waals surface area (Å²) in [7, 11) is 4.61. The highest BCUT2D eigenvalue weighted by molar-refractivity contribution is 5.99. The molecular weight excluding hydrogens is 478 g/mol. The van der Waals surface area contributed by atoms with Crippen molar-refractivity contribution in [3.8, 4) is 17.0 Å². The molecule has 3 amide bonds. The lowest BCUT2D eigenvalue weighted by molar-refractivity contribution is -0.116. The summed E-state index contributed by atoms with van der Waals surface area (Å²) in [5.74, 6) is -0.854. The summed E-state index contributed by atoms with van der Waals surface area (Å²) >= 11 is 0. The van der Waals surface area contributed by atoms with E-state index in [1.807, 2.05) is 5.32 Å². The van der Waals surface area contributed by atoms with Crippen molar-refractivity contribution in [3.63, 3.8) is 0 Å². The van der Waals surface area contributed by atoms with Crippen molar-refractivity contribution < 1.29 is 23.2 Å². The number of pyridine rings is 1. The highest BCUT2D eigenvalue weighted by Gasteiger charge is 2.25. The molecule has 3 aromatic rings. The van der Waals surface area contributed by atoms with Crippen molar-refractivity contribution in [2.45, 2.75) is 19.3 Å². The third-order valence-electron chi connectivity index (χ3n) is 5.48. The third-order valence-corrected chi connectivity index (χ3v) is 5.48. The maximum Gasteiger partial charge on any atom is 0.273 e. The Kier molecular flexibility index (Phi) is 6.38. The molecule has 0 unspecified atom stereocenters. The Labute approximate surface area is 217 Å². The quantitative estimate of drug-likeness (QED) is 0.389. The number of aromatic nitrogens is 5. The summed E-state index contributed by atoms with van der Waals surface area (Å²) in [6, 6.07) is 2.97. The van der Waals surface area contributed by atoms with E-state index in [9.17, 15) is 14.4 Å². The lowest BCUT2D eigenvalue weighted by Crippen LogP contribution is -2.23. The molecule has 1 fully saturated rings. The van der Waals surface area contributed by atoms with Crippen molar-refractivity contribution in [3.05, 3.63) is 42.1 Å². The van der Waals surface area contributed by atoms with E-state index in [1.54, 1.807) is 20.2 Å². The summed E-state index contributed by atoms with van der Waals surface area (Å²) in [5.41, 5.74) is 0.657. The van der Waals surface area contributed by atoms with Crippen molar-refractivity contribution in [1.82, 2.24) is 35.4 Å². The van der Waals surface area contributed by atoms with Crippen LogP contribution in [-0.4, -0.2) is 76.0 Å². The van der Waals surface area contributed by atoms with E-state index in [4.69, 9.17) is 8.85 Å². The number of rotatable bonds is 9. The largest absolute Gasteiger partial charge is 0.492 e. The Bertz CT molecular complexity index is 1430. The first kappa shape index (κ1) is 21.6. The van der Waals surface area contributed by atoms with Gasteiger partial charge in [0, 0.05) is 49.4 Å². The number of nitrogens with one attached hydrogen (secondary N) is 3. The normalized spacial score (nSPS) is 14.0. The molecule has 0 saturated heterocycles. The summed E-state index contributed by atoms with van der Waals surface area (Å²) in [5, 5.41) is 15.2. The SMILES string of the molecule is [2H]C([2H])([2H])NC(=O)c1nnc(NC(=O)CC2CC2)cc1Nc1nccc(-c2cnc(C(=O)N(C)C)cn2)c1OC. The van der Waals surface area contributed by atoms with Crippen LogP contribution < -0.4 is 20.7 Å². The van der Waals surface area contributed by atoms with Crippen LogP contribution in [0.2, 0.25) is 0 Å². The van der Waals surface area contributed by atoms with E-state index in [2.05, 4.69) is 35.8 Å². The zero-order valence-corrected chi connectivity index (χ0v) is 20.4. The van der Waals surface area contributed by atoms with E-state index in [0.29, 0.717) is 23.6 Å². The van der Waals surface area contributed by atoms with Gasteiger partial charge in [-0.05, 0) is 24.8 Å². The van der Waals surface area contributed by atoms with Crippen molar-refractivity contribution in [2.24, 2.45) is 5.92 Å². The number of nitrogens with zero attached hydrogens (tertiary/aromatic N) is 6. The van der Waals surface area contributed by atoms with Gasteiger partial charge in [-0.3, -0.25) is 19.4 Å². The molecule has 3 heterocycles. The van der Waals surface area contributed by atoms with Gasteiger partial charge in [0.25, 0.3) is 11.8 Å². The van der Waals surface area contributed by atoms with Gasteiger partial charge in [0.2, 0.25) is 5.91 Å². The van der Waals surface area contributed by atoms with Crippen LogP contribution in [0.25, 0.3) is 11.3 Å². The molecule has 0 atom stereocenters. The van der Waals surface area contributed by atoms with Gasteiger partial charge in [-0.25, -0.2) is 9.97 Å². The maximum atomic E-state index is 12.7. The standard InChI is InChI=1S/C24H27N9O4/c1-25-23(35)20-15(10-18(31-32-20)30-19(34)9-13-5-6-13)29-22-21(37-4)14(7-8-26-22)16-11-28-17(12-27-16)24(36)33(2)3/h7-8,10-13H,5-6,9H2,1-4H3,(H,25,35)(H2,26,29,30,31,34)/i1D3. The molecule has 3 N–H and O–H groups in total. The Morgan fingerprint density at radius 3 is 2.62 bits per heavy atom. The maximum absolute atomic E-state index is 12.7. The van der Waals surface area contributed by atoms with E-state index < -0.39 is 12.9 Å². The summed E-state index contributed by atoms with van der Waals surface area (Å²) in [4.78, 5) is 51.4. The van der Waals surface area contributed by atoms with Crippen molar-refractivity contribution >= 4 is 35.0 Å². The van der Waals surface area contributed by atoms with Gasteiger partial charge in [0.15, 0.2) is 23.1 Å². The van der Waals surface area contributed by atoms with E-state index in [1.165, 1.54) is 36.7 Å². The predicted molar refractivity (Wildman–Crippen MR) is 135 cm³/mol. The molecule has 13 nitrogen and oxygen atoms in total. The second-order valence-corrected chi connectivity index (χ2v) is 8.49. The molecule has 4 rings (SSSR count). The average molecular weight is 509 g/mol. The molecule has 0 radical (unpaired) electrons. The summed E-state index contributed by atoms with van der Waals surface area (Å²) in [6.07, 6.45) is 6.52. The molecule has 37 heavy (non-hydrogen) atoms.